The van der Waals surface area contributed by atoms with Gasteiger partial charge >= 0.3 is 0 Å². The van der Waals surface area contributed by atoms with E-state index in [-0.39, 0.29) is 5.41 Å². The van der Waals surface area contributed by atoms with E-state index in [1.165, 1.54) is 11.1 Å². The molecule has 0 N–H and O–H groups in total. The van der Waals surface area contributed by atoms with E-state index in [1.54, 1.807) is 12.1 Å². The summed E-state index contributed by atoms with van der Waals surface area (Å²) in [4.78, 5) is 0. The van der Waals surface area contributed by atoms with Gasteiger partial charge in [-0.2, -0.15) is 5.26 Å². The van der Waals surface area contributed by atoms with Crippen LogP contribution in [0.3, 0.4) is 0 Å². The van der Waals surface area contributed by atoms with Gasteiger partial charge in [-0.15, -0.1) is 0 Å². The summed E-state index contributed by atoms with van der Waals surface area (Å²) in [7, 11) is 0. The lowest BCUT2D eigenvalue weighted by Gasteiger charge is -2.26. The molecule has 34 heavy (non-hydrogen) atoms. The summed E-state index contributed by atoms with van der Waals surface area (Å²) in [6, 6.07) is 33.9. The molecule has 4 rings (SSSR count). The number of ether oxygens (including phenoxy) is 2. The minimum Gasteiger partial charge on any atom is -0.489 e. The lowest BCUT2D eigenvalue weighted by molar-refractivity contribution is 0.306. The highest BCUT2D eigenvalue weighted by Crippen LogP contribution is 2.34. The molecule has 168 valence electrons. The third-order valence-electron chi connectivity index (χ3n) is 5.97. The Morgan fingerprint density at radius 3 is 2.00 bits per heavy atom. The molecular weight excluding hydrogens is 418 g/mol. The number of benzene rings is 4. The van der Waals surface area contributed by atoms with Crippen molar-refractivity contribution in [3.8, 4) is 23.3 Å². The van der Waals surface area contributed by atoms with Crippen LogP contribution >= 0.6 is 0 Å². The molecule has 3 nitrogen and oxygen atoms in total. The maximum absolute atomic E-state index is 9.06. The Balaban J connectivity index is 1.41. The summed E-state index contributed by atoms with van der Waals surface area (Å²) in [6.45, 7) is 8.72. The highest BCUT2D eigenvalue weighted by Gasteiger charge is 2.23. The Kier molecular flexibility index (Phi) is 6.80. The predicted molar refractivity (Wildman–Crippen MR) is 137 cm³/mol. The van der Waals surface area contributed by atoms with E-state index >= 15 is 0 Å². The third-order valence-corrected chi connectivity index (χ3v) is 5.97. The molecule has 0 saturated carbocycles. The minimum atomic E-state index is -0.182. The van der Waals surface area contributed by atoms with Crippen LogP contribution in [0, 0.1) is 11.3 Å². The topological polar surface area (TPSA) is 42.2 Å². The van der Waals surface area contributed by atoms with Crippen molar-refractivity contribution in [2.24, 2.45) is 0 Å². The first-order valence-electron chi connectivity index (χ1n) is 11.2. The van der Waals surface area contributed by atoms with Crippen molar-refractivity contribution >= 4 is 6.08 Å². The van der Waals surface area contributed by atoms with E-state index in [9.17, 15) is 0 Å². The Morgan fingerprint density at radius 2 is 1.41 bits per heavy atom. The maximum atomic E-state index is 9.06. The highest BCUT2D eigenvalue weighted by atomic mass is 16.5. The molecule has 0 saturated heterocycles. The van der Waals surface area contributed by atoms with Gasteiger partial charge in [-0.05, 0) is 64.7 Å². The van der Waals surface area contributed by atoms with E-state index in [0.717, 1.165) is 22.6 Å². The van der Waals surface area contributed by atoms with Crippen LogP contribution in [0.2, 0.25) is 0 Å². The fraction of sp³-hybridized carbons (Fsp3) is 0.129. The number of nitrogens with zero attached hydrogens (tertiary/aromatic N) is 1. The third kappa shape index (κ3) is 5.36. The van der Waals surface area contributed by atoms with E-state index in [0.29, 0.717) is 17.9 Å². The highest BCUT2D eigenvalue weighted by molar-refractivity contribution is 5.47. The van der Waals surface area contributed by atoms with Gasteiger partial charge < -0.3 is 9.47 Å². The Morgan fingerprint density at radius 1 is 0.794 bits per heavy atom. The van der Waals surface area contributed by atoms with Crippen LogP contribution in [-0.2, 0) is 12.0 Å². The van der Waals surface area contributed by atoms with Crippen LogP contribution < -0.4 is 9.47 Å². The smallest absolute Gasteiger partial charge is 0.128 e. The van der Waals surface area contributed by atoms with Gasteiger partial charge in [0.25, 0.3) is 0 Å². The van der Waals surface area contributed by atoms with E-state index in [1.807, 2.05) is 54.6 Å². The van der Waals surface area contributed by atoms with Gasteiger partial charge in [0.05, 0.1) is 11.6 Å². The molecule has 0 aliphatic carbocycles. The van der Waals surface area contributed by atoms with Crippen molar-refractivity contribution in [1.82, 2.24) is 0 Å². The standard InChI is InChI=1S/C31H27NO2/c1-4-23-8-10-24(11-9-23)22-33-28-16-12-26(13-17-28)31(2,3)27-14-18-29(19-15-27)34-30-7-5-6-25(20-30)21-32/h4-20H,1,22H2,2-3H3. The van der Waals surface area contributed by atoms with Gasteiger partial charge in [0.1, 0.15) is 23.9 Å². The molecule has 3 heteroatoms. The molecule has 0 fully saturated rings. The molecule has 0 amide bonds. The average Bonchev–Trinajstić information content (AvgIpc) is 2.88. The second-order valence-electron chi connectivity index (χ2n) is 8.65. The summed E-state index contributed by atoms with van der Waals surface area (Å²) < 4.78 is 11.9. The molecule has 0 aliphatic heterocycles. The first-order valence-corrected chi connectivity index (χ1v) is 11.2. The van der Waals surface area contributed by atoms with Crippen LogP contribution in [0.15, 0.2) is 104 Å². The molecule has 0 radical (unpaired) electrons. The molecule has 4 aromatic carbocycles. The summed E-state index contributed by atoms with van der Waals surface area (Å²) in [5, 5.41) is 9.06. The van der Waals surface area contributed by atoms with Crippen LogP contribution in [0.5, 0.6) is 17.2 Å². The second-order valence-corrected chi connectivity index (χ2v) is 8.65. The lowest BCUT2D eigenvalue weighted by Crippen LogP contribution is -2.18. The van der Waals surface area contributed by atoms with Crippen LogP contribution in [0.1, 0.15) is 41.7 Å². The van der Waals surface area contributed by atoms with Gasteiger partial charge in [-0.1, -0.05) is 81.1 Å². The quantitative estimate of drug-likeness (QED) is 0.277. The molecule has 0 spiro atoms. The largest absolute Gasteiger partial charge is 0.489 e. The van der Waals surface area contributed by atoms with E-state index in [2.05, 4.69) is 62.9 Å². The summed E-state index contributed by atoms with van der Waals surface area (Å²) >= 11 is 0. The van der Waals surface area contributed by atoms with Gasteiger partial charge in [-0.25, -0.2) is 0 Å². The first kappa shape index (κ1) is 22.9. The molecule has 4 aromatic rings. The number of hydrogen-bond acceptors (Lipinski definition) is 3. The second kappa shape index (κ2) is 10.1. The van der Waals surface area contributed by atoms with E-state index < -0.39 is 0 Å². The Hall–Kier alpha value is -4.29. The summed E-state index contributed by atoms with van der Waals surface area (Å²) in [6.07, 6.45) is 1.83. The van der Waals surface area contributed by atoms with Gasteiger partial charge in [-0.3, -0.25) is 0 Å². The maximum Gasteiger partial charge on any atom is 0.128 e. The van der Waals surface area contributed by atoms with Crippen LogP contribution in [0.25, 0.3) is 6.08 Å². The first-order chi connectivity index (χ1) is 16.5. The summed E-state index contributed by atoms with van der Waals surface area (Å²) in [5.74, 6) is 2.23. The van der Waals surface area contributed by atoms with Crippen LogP contribution in [0.4, 0.5) is 0 Å². The number of hydrogen-bond donors (Lipinski definition) is 0. The van der Waals surface area contributed by atoms with Crippen LogP contribution in [-0.4, -0.2) is 0 Å². The zero-order valence-corrected chi connectivity index (χ0v) is 19.5. The number of rotatable bonds is 8. The van der Waals surface area contributed by atoms with Gasteiger partial charge in [0, 0.05) is 5.41 Å². The average molecular weight is 446 g/mol. The van der Waals surface area contributed by atoms with Crippen molar-refractivity contribution in [3.63, 3.8) is 0 Å². The van der Waals surface area contributed by atoms with Gasteiger partial charge in [0.2, 0.25) is 0 Å². The fourth-order valence-electron chi connectivity index (χ4n) is 3.76. The van der Waals surface area contributed by atoms with Crippen molar-refractivity contribution < 1.29 is 9.47 Å². The monoisotopic (exact) mass is 445 g/mol. The number of nitriles is 1. The Labute approximate surface area is 201 Å². The molecule has 0 aromatic heterocycles. The molecule has 0 bridgehead atoms. The zero-order chi connectivity index (χ0) is 24.0. The molecule has 0 unspecified atom stereocenters. The Bertz CT molecular complexity index is 1300. The molecule has 0 heterocycles. The van der Waals surface area contributed by atoms with E-state index in [4.69, 9.17) is 14.7 Å². The fourth-order valence-corrected chi connectivity index (χ4v) is 3.76. The molecule has 0 atom stereocenters. The van der Waals surface area contributed by atoms with Crippen molar-refractivity contribution in [2.45, 2.75) is 25.9 Å². The minimum absolute atomic E-state index is 0.182. The molecule has 0 aliphatic rings. The van der Waals surface area contributed by atoms with Crippen molar-refractivity contribution in [1.29, 1.82) is 5.26 Å². The zero-order valence-electron chi connectivity index (χ0n) is 19.5. The van der Waals surface area contributed by atoms with Gasteiger partial charge in [0.15, 0.2) is 0 Å². The van der Waals surface area contributed by atoms with Crippen molar-refractivity contribution in [3.05, 3.63) is 131 Å². The molecular formula is C31H27NO2. The lowest BCUT2D eigenvalue weighted by atomic mass is 9.78. The van der Waals surface area contributed by atoms with Crippen molar-refractivity contribution in [2.75, 3.05) is 0 Å². The summed E-state index contributed by atoms with van der Waals surface area (Å²) in [5.41, 5.74) is 5.00. The predicted octanol–water partition coefficient (Wildman–Crippen LogP) is 7.90. The SMILES string of the molecule is C=Cc1ccc(COc2ccc(C(C)(C)c3ccc(Oc4cccc(C#N)c4)cc3)cc2)cc1. The normalized spacial score (nSPS) is 10.9.